The minimum Gasteiger partial charge on any atom is -0.309 e. The predicted octanol–water partition coefficient (Wildman–Crippen LogP) is 5.19. The van der Waals surface area contributed by atoms with Gasteiger partial charge >= 0.3 is 0 Å². The highest BCUT2D eigenvalue weighted by molar-refractivity contribution is 9.10. The Morgan fingerprint density at radius 2 is 1.76 bits per heavy atom. The van der Waals surface area contributed by atoms with Crippen molar-refractivity contribution < 1.29 is 0 Å². The normalized spacial score (nSPS) is 12.4. The van der Waals surface area contributed by atoms with Crippen molar-refractivity contribution in [3.63, 3.8) is 0 Å². The van der Waals surface area contributed by atoms with Gasteiger partial charge in [0.1, 0.15) is 0 Å². The highest BCUT2D eigenvalue weighted by atomic mass is 79.9. The summed E-state index contributed by atoms with van der Waals surface area (Å²) < 4.78 is 1.17. The molecule has 2 aromatic carbocycles. The molecule has 0 aliphatic rings. The number of hydrogen-bond donors (Lipinski definition) is 1. The van der Waals surface area contributed by atoms with E-state index in [1.54, 1.807) is 0 Å². The Labute approximate surface area is 136 Å². The van der Waals surface area contributed by atoms with Gasteiger partial charge in [-0.1, -0.05) is 60.1 Å². The van der Waals surface area contributed by atoms with Gasteiger partial charge in [-0.3, -0.25) is 0 Å². The van der Waals surface area contributed by atoms with Crippen molar-refractivity contribution >= 4 is 15.9 Å². The van der Waals surface area contributed by atoms with Crippen LogP contribution in [-0.4, -0.2) is 7.05 Å². The number of rotatable bonds is 5. The zero-order valence-electron chi connectivity index (χ0n) is 13.3. The molecule has 0 aliphatic heterocycles. The van der Waals surface area contributed by atoms with Gasteiger partial charge in [-0.05, 0) is 60.7 Å². The highest BCUT2D eigenvalue weighted by Crippen LogP contribution is 2.32. The molecule has 2 aromatic rings. The summed E-state index contributed by atoms with van der Waals surface area (Å²) in [6, 6.07) is 13.7. The van der Waals surface area contributed by atoms with Crippen LogP contribution in [0, 0.1) is 6.92 Å². The quantitative estimate of drug-likeness (QED) is 0.785. The fourth-order valence-electron chi connectivity index (χ4n) is 2.80. The maximum Gasteiger partial charge on any atom is 0.0588 e. The third-order valence-electron chi connectivity index (χ3n) is 4.07. The Morgan fingerprint density at radius 3 is 2.33 bits per heavy atom. The van der Waals surface area contributed by atoms with Gasteiger partial charge in [-0.25, -0.2) is 0 Å². The van der Waals surface area contributed by atoms with Gasteiger partial charge in [-0.15, -0.1) is 0 Å². The lowest BCUT2D eigenvalue weighted by molar-refractivity contribution is 0.680. The largest absolute Gasteiger partial charge is 0.309 e. The second-order valence-electron chi connectivity index (χ2n) is 5.49. The first-order valence-corrected chi connectivity index (χ1v) is 8.45. The molecule has 0 bridgehead atoms. The van der Waals surface area contributed by atoms with E-state index < -0.39 is 0 Å². The fraction of sp³-hybridized carbons (Fsp3) is 0.368. The van der Waals surface area contributed by atoms with Crippen LogP contribution in [0.2, 0.25) is 0 Å². The fourth-order valence-corrected chi connectivity index (χ4v) is 3.52. The minimum absolute atomic E-state index is 0.224. The van der Waals surface area contributed by atoms with E-state index in [-0.39, 0.29) is 6.04 Å². The van der Waals surface area contributed by atoms with E-state index in [9.17, 15) is 0 Å². The molecule has 1 unspecified atom stereocenters. The molecule has 2 rings (SSSR count). The van der Waals surface area contributed by atoms with E-state index in [4.69, 9.17) is 0 Å². The molecule has 0 heterocycles. The summed E-state index contributed by atoms with van der Waals surface area (Å²) in [7, 11) is 2.04. The summed E-state index contributed by atoms with van der Waals surface area (Å²) in [4.78, 5) is 0. The average molecular weight is 346 g/mol. The summed E-state index contributed by atoms with van der Waals surface area (Å²) in [6.45, 7) is 6.56. The van der Waals surface area contributed by atoms with Gasteiger partial charge in [0.25, 0.3) is 0 Å². The van der Waals surface area contributed by atoms with Crippen molar-refractivity contribution in [1.29, 1.82) is 0 Å². The van der Waals surface area contributed by atoms with Crippen molar-refractivity contribution in [3.05, 3.63) is 68.7 Å². The van der Waals surface area contributed by atoms with Gasteiger partial charge < -0.3 is 5.32 Å². The SMILES string of the molecule is CCc1ccc(CC)c(C(NC)c2ccc(C)cc2Br)c1. The van der Waals surface area contributed by atoms with Crippen LogP contribution in [0.25, 0.3) is 0 Å². The molecule has 0 aliphatic carbocycles. The third kappa shape index (κ3) is 3.56. The average Bonchev–Trinajstić information content (AvgIpc) is 2.49. The van der Waals surface area contributed by atoms with Crippen LogP contribution in [0.15, 0.2) is 40.9 Å². The number of halogens is 1. The molecule has 0 saturated carbocycles. The highest BCUT2D eigenvalue weighted by Gasteiger charge is 2.18. The predicted molar refractivity (Wildman–Crippen MR) is 95.0 cm³/mol. The van der Waals surface area contributed by atoms with E-state index in [0.29, 0.717) is 0 Å². The van der Waals surface area contributed by atoms with E-state index in [1.165, 1.54) is 32.3 Å². The molecule has 2 heteroatoms. The second kappa shape index (κ2) is 7.24. The molecule has 0 radical (unpaired) electrons. The van der Waals surface area contributed by atoms with Crippen LogP contribution < -0.4 is 5.32 Å². The van der Waals surface area contributed by atoms with Crippen molar-refractivity contribution in [2.75, 3.05) is 7.05 Å². The second-order valence-corrected chi connectivity index (χ2v) is 6.34. The molecule has 0 spiro atoms. The number of aryl methyl sites for hydroxylation is 3. The third-order valence-corrected chi connectivity index (χ3v) is 4.75. The topological polar surface area (TPSA) is 12.0 Å². The number of hydrogen-bond acceptors (Lipinski definition) is 1. The van der Waals surface area contributed by atoms with Crippen LogP contribution in [0.3, 0.4) is 0 Å². The Hall–Kier alpha value is -1.12. The van der Waals surface area contributed by atoms with Gasteiger partial charge in [0, 0.05) is 4.47 Å². The van der Waals surface area contributed by atoms with Crippen LogP contribution in [0.5, 0.6) is 0 Å². The van der Waals surface area contributed by atoms with E-state index >= 15 is 0 Å². The summed E-state index contributed by atoms with van der Waals surface area (Å²) in [5, 5.41) is 3.49. The molecular weight excluding hydrogens is 322 g/mol. The Bertz CT molecular complexity index is 619. The maximum atomic E-state index is 3.73. The summed E-state index contributed by atoms with van der Waals surface area (Å²) in [5.41, 5.74) is 6.78. The number of nitrogens with one attached hydrogen (secondary N) is 1. The molecule has 0 amide bonds. The van der Waals surface area contributed by atoms with Crippen molar-refractivity contribution in [2.45, 2.75) is 39.7 Å². The first kappa shape index (κ1) is 16.3. The minimum atomic E-state index is 0.224. The van der Waals surface area contributed by atoms with Gasteiger partial charge in [-0.2, -0.15) is 0 Å². The molecule has 1 nitrogen and oxygen atoms in total. The van der Waals surface area contributed by atoms with E-state index in [2.05, 4.69) is 78.4 Å². The summed E-state index contributed by atoms with van der Waals surface area (Å²) in [5.74, 6) is 0. The molecule has 0 aromatic heterocycles. The van der Waals surface area contributed by atoms with Crippen LogP contribution >= 0.6 is 15.9 Å². The van der Waals surface area contributed by atoms with Gasteiger partial charge in [0.2, 0.25) is 0 Å². The molecule has 0 saturated heterocycles. The Morgan fingerprint density at radius 1 is 1.00 bits per heavy atom. The maximum absolute atomic E-state index is 3.73. The Balaban J connectivity index is 2.54. The van der Waals surface area contributed by atoms with Crippen molar-refractivity contribution in [1.82, 2.24) is 5.32 Å². The summed E-state index contributed by atoms with van der Waals surface area (Å²) >= 11 is 3.73. The standard InChI is InChI=1S/C19H24BrN/c1-5-14-8-9-15(6-2)17(12-14)19(21-4)16-10-7-13(3)11-18(16)20/h7-12,19,21H,5-6H2,1-4H3. The molecule has 1 atom stereocenters. The van der Waals surface area contributed by atoms with Crippen LogP contribution in [-0.2, 0) is 12.8 Å². The lowest BCUT2D eigenvalue weighted by Crippen LogP contribution is -2.20. The van der Waals surface area contributed by atoms with Gasteiger partial charge in [0.15, 0.2) is 0 Å². The lowest BCUT2D eigenvalue weighted by Gasteiger charge is -2.22. The first-order chi connectivity index (χ1) is 10.1. The number of benzene rings is 2. The van der Waals surface area contributed by atoms with Crippen LogP contribution in [0.1, 0.15) is 47.7 Å². The summed E-state index contributed by atoms with van der Waals surface area (Å²) in [6.07, 6.45) is 2.13. The zero-order valence-corrected chi connectivity index (χ0v) is 14.9. The van der Waals surface area contributed by atoms with E-state index in [0.717, 1.165) is 12.8 Å². The first-order valence-electron chi connectivity index (χ1n) is 7.65. The molecule has 0 fully saturated rings. The Kier molecular flexibility index (Phi) is 5.60. The molecular formula is C19H24BrN. The monoisotopic (exact) mass is 345 g/mol. The van der Waals surface area contributed by atoms with Crippen molar-refractivity contribution in [2.24, 2.45) is 0 Å². The zero-order chi connectivity index (χ0) is 15.4. The van der Waals surface area contributed by atoms with E-state index in [1.807, 2.05) is 7.05 Å². The van der Waals surface area contributed by atoms with Gasteiger partial charge in [0.05, 0.1) is 6.04 Å². The molecule has 112 valence electrons. The van der Waals surface area contributed by atoms with Crippen molar-refractivity contribution in [3.8, 4) is 0 Å². The molecule has 21 heavy (non-hydrogen) atoms. The molecule has 1 N–H and O–H groups in total. The lowest BCUT2D eigenvalue weighted by atomic mass is 9.91. The smallest absolute Gasteiger partial charge is 0.0588 e. The van der Waals surface area contributed by atoms with Crippen LogP contribution in [0.4, 0.5) is 0 Å².